The molecule has 0 aliphatic rings. The highest BCUT2D eigenvalue weighted by Gasteiger charge is 2.12. The van der Waals surface area contributed by atoms with E-state index in [1.165, 1.54) is 0 Å². The van der Waals surface area contributed by atoms with Gasteiger partial charge in [-0.05, 0) is 48.7 Å². The molecule has 2 aromatic carbocycles. The van der Waals surface area contributed by atoms with Crippen LogP contribution in [0.4, 0.5) is 5.69 Å². The summed E-state index contributed by atoms with van der Waals surface area (Å²) in [5.41, 5.74) is 2.79. The predicted octanol–water partition coefficient (Wildman–Crippen LogP) is 5.53. The minimum absolute atomic E-state index is 0.00343. The fraction of sp³-hybridized carbons (Fsp3) is 0.300. The largest absolute Gasteiger partial charge is 0.495 e. The number of methoxy groups -OCH3 is 1. The van der Waals surface area contributed by atoms with Crippen LogP contribution in [-0.2, 0) is 4.79 Å². The standard InChI is InChI=1S/C20H21ClN2O3/c1-12(2)4-9-19(24)22-14-6-8-18-16(11-14)23-20(26-18)13-5-7-17(25-3)15(21)10-13/h5-8,10-12H,4,9H2,1-3H3,(H,22,24). The van der Waals surface area contributed by atoms with Gasteiger partial charge in [-0.25, -0.2) is 4.98 Å². The van der Waals surface area contributed by atoms with Crippen molar-refractivity contribution in [3.63, 3.8) is 0 Å². The fourth-order valence-electron chi connectivity index (χ4n) is 2.57. The number of hydrogen-bond donors (Lipinski definition) is 1. The first kappa shape index (κ1) is 18.3. The number of fused-ring (bicyclic) bond motifs is 1. The molecule has 0 fully saturated rings. The second-order valence-corrected chi connectivity index (χ2v) is 6.94. The Morgan fingerprint density at radius 2 is 2.08 bits per heavy atom. The number of halogens is 1. The van der Waals surface area contributed by atoms with Gasteiger partial charge in [0.2, 0.25) is 11.8 Å². The highest BCUT2D eigenvalue weighted by molar-refractivity contribution is 6.32. The van der Waals surface area contributed by atoms with E-state index in [2.05, 4.69) is 24.1 Å². The summed E-state index contributed by atoms with van der Waals surface area (Å²) in [7, 11) is 1.57. The van der Waals surface area contributed by atoms with E-state index in [1.54, 1.807) is 31.4 Å². The zero-order chi connectivity index (χ0) is 18.7. The van der Waals surface area contributed by atoms with Gasteiger partial charge in [0.05, 0.1) is 12.1 Å². The fourth-order valence-corrected chi connectivity index (χ4v) is 2.83. The number of nitrogens with zero attached hydrogens (tertiary/aromatic N) is 1. The van der Waals surface area contributed by atoms with Gasteiger partial charge in [0.25, 0.3) is 0 Å². The van der Waals surface area contributed by atoms with E-state index in [4.69, 9.17) is 20.8 Å². The lowest BCUT2D eigenvalue weighted by Crippen LogP contribution is -2.12. The minimum Gasteiger partial charge on any atom is -0.495 e. The molecule has 0 radical (unpaired) electrons. The third kappa shape index (κ3) is 4.17. The van der Waals surface area contributed by atoms with Gasteiger partial charge in [-0.15, -0.1) is 0 Å². The third-order valence-electron chi connectivity index (χ3n) is 4.02. The lowest BCUT2D eigenvalue weighted by molar-refractivity contribution is -0.116. The zero-order valence-corrected chi connectivity index (χ0v) is 15.8. The second-order valence-electron chi connectivity index (χ2n) is 6.53. The summed E-state index contributed by atoms with van der Waals surface area (Å²) < 4.78 is 11.0. The Morgan fingerprint density at radius 3 is 2.77 bits per heavy atom. The molecule has 0 saturated heterocycles. The molecule has 136 valence electrons. The molecule has 0 unspecified atom stereocenters. The normalized spacial score (nSPS) is 11.1. The number of anilines is 1. The Balaban J connectivity index is 1.81. The Morgan fingerprint density at radius 1 is 1.27 bits per heavy atom. The van der Waals surface area contributed by atoms with Crippen LogP contribution in [0.25, 0.3) is 22.6 Å². The van der Waals surface area contributed by atoms with Crippen molar-refractivity contribution in [1.82, 2.24) is 4.98 Å². The van der Waals surface area contributed by atoms with Crippen LogP contribution in [0, 0.1) is 5.92 Å². The van der Waals surface area contributed by atoms with Crippen LogP contribution >= 0.6 is 11.6 Å². The van der Waals surface area contributed by atoms with Crippen molar-refractivity contribution in [2.24, 2.45) is 5.92 Å². The van der Waals surface area contributed by atoms with E-state index < -0.39 is 0 Å². The van der Waals surface area contributed by atoms with E-state index in [0.717, 1.165) is 12.0 Å². The number of carbonyl (C=O) groups is 1. The Kier molecular flexibility index (Phi) is 5.47. The summed E-state index contributed by atoms with van der Waals surface area (Å²) in [6, 6.07) is 10.8. The van der Waals surface area contributed by atoms with E-state index in [1.807, 2.05) is 12.1 Å². The first-order valence-electron chi connectivity index (χ1n) is 8.50. The maximum atomic E-state index is 12.0. The molecule has 1 heterocycles. The number of oxazole rings is 1. The summed E-state index contributed by atoms with van der Waals surface area (Å²) in [5.74, 6) is 1.56. The number of ether oxygens (including phenoxy) is 1. The Hall–Kier alpha value is -2.53. The SMILES string of the molecule is COc1ccc(-c2nc3cc(NC(=O)CCC(C)C)ccc3o2)cc1Cl. The number of aromatic nitrogens is 1. The molecular formula is C20H21ClN2O3. The van der Waals surface area contributed by atoms with Crippen molar-refractivity contribution in [3.8, 4) is 17.2 Å². The van der Waals surface area contributed by atoms with Gasteiger partial charge in [-0.3, -0.25) is 4.79 Å². The average Bonchev–Trinajstić information content (AvgIpc) is 3.03. The van der Waals surface area contributed by atoms with E-state index in [9.17, 15) is 4.79 Å². The van der Waals surface area contributed by atoms with Crippen LogP contribution in [0.3, 0.4) is 0 Å². The number of hydrogen-bond acceptors (Lipinski definition) is 4. The molecule has 26 heavy (non-hydrogen) atoms. The number of carbonyl (C=O) groups excluding carboxylic acids is 1. The highest BCUT2D eigenvalue weighted by Crippen LogP contribution is 2.32. The van der Waals surface area contributed by atoms with Gasteiger partial charge in [0.1, 0.15) is 11.3 Å². The molecule has 3 rings (SSSR count). The van der Waals surface area contributed by atoms with E-state index >= 15 is 0 Å². The minimum atomic E-state index is 0.00343. The molecule has 6 heteroatoms. The maximum Gasteiger partial charge on any atom is 0.227 e. The van der Waals surface area contributed by atoms with Crippen LogP contribution in [0.15, 0.2) is 40.8 Å². The lowest BCUT2D eigenvalue weighted by Gasteiger charge is -2.06. The number of nitrogens with one attached hydrogen (secondary N) is 1. The molecule has 1 aromatic heterocycles. The Labute approximate surface area is 157 Å². The van der Waals surface area contributed by atoms with E-state index in [-0.39, 0.29) is 5.91 Å². The van der Waals surface area contributed by atoms with Crippen molar-refractivity contribution >= 4 is 34.3 Å². The van der Waals surface area contributed by atoms with Gasteiger partial charge in [-0.1, -0.05) is 25.4 Å². The number of rotatable bonds is 6. The zero-order valence-electron chi connectivity index (χ0n) is 15.0. The molecule has 3 aromatic rings. The van der Waals surface area contributed by atoms with Gasteiger partial charge in [0, 0.05) is 17.7 Å². The smallest absolute Gasteiger partial charge is 0.227 e. The third-order valence-corrected chi connectivity index (χ3v) is 4.31. The topological polar surface area (TPSA) is 64.4 Å². The summed E-state index contributed by atoms with van der Waals surface area (Å²) in [6.45, 7) is 4.20. The molecule has 0 spiro atoms. The summed E-state index contributed by atoms with van der Waals surface area (Å²) in [4.78, 5) is 16.5. The Bertz CT molecular complexity index is 934. The lowest BCUT2D eigenvalue weighted by atomic mass is 10.1. The van der Waals surface area contributed by atoms with Gasteiger partial charge < -0.3 is 14.5 Å². The van der Waals surface area contributed by atoms with Gasteiger partial charge in [-0.2, -0.15) is 0 Å². The first-order valence-corrected chi connectivity index (χ1v) is 8.88. The van der Waals surface area contributed by atoms with Crippen LogP contribution < -0.4 is 10.1 Å². The molecular weight excluding hydrogens is 352 g/mol. The molecule has 0 atom stereocenters. The monoisotopic (exact) mass is 372 g/mol. The van der Waals surface area contributed by atoms with Crippen molar-refractivity contribution in [1.29, 1.82) is 0 Å². The molecule has 0 bridgehead atoms. The van der Waals surface area contributed by atoms with Crippen LogP contribution in [0.5, 0.6) is 5.75 Å². The summed E-state index contributed by atoms with van der Waals surface area (Å²) in [5, 5.41) is 3.40. The number of benzene rings is 2. The first-order chi connectivity index (χ1) is 12.5. The van der Waals surface area contributed by atoms with Gasteiger partial charge >= 0.3 is 0 Å². The molecule has 0 saturated carbocycles. The molecule has 0 aliphatic carbocycles. The number of amides is 1. The highest BCUT2D eigenvalue weighted by atomic mass is 35.5. The van der Waals surface area contributed by atoms with E-state index in [0.29, 0.717) is 45.8 Å². The van der Waals surface area contributed by atoms with Crippen LogP contribution in [-0.4, -0.2) is 18.0 Å². The molecule has 1 amide bonds. The quantitative estimate of drug-likeness (QED) is 0.617. The summed E-state index contributed by atoms with van der Waals surface area (Å²) >= 11 is 6.17. The maximum absolute atomic E-state index is 12.0. The van der Waals surface area contributed by atoms with Crippen molar-refractivity contribution in [2.75, 3.05) is 12.4 Å². The molecule has 0 aliphatic heterocycles. The predicted molar refractivity (Wildman–Crippen MR) is 104 cm³/mol. The summed E-state index contributed by atoms with van der Waals surface area (Å²) in [6.07, 6.45) is 1.37. The average molecular weight is 373 g/mol. The van der Waals surface area contributed by atoms with Crippen molar-refractivity contribution in [3.05, 3.63) is 41.4 Å². The van der Waals surface area contributed by atoms with Crippen molar-refractivity contribution < 1.29 is 13.9 Å². The van der Waals surface area contributed by atoms with Crippen LogP contribution in [0.2, 0.25) is 5.02 Å². The molecule has 1 N–H and O–H groups in total. The molecule has 5 nitrogen and oxygen atoms in total. The van der Waals surface area contributed by atoms with Crippen LogP contribution in [0.1, 0.15) is 26.7 Å². The van der Waals surface area contributed by atoms with Crippen molar-refractivity contribution in [2.45, 2.75) is 26.7 Å². The second kappa shape index (κ2) is 7.79. The van der Waals surface area contributed by atoms with Gasteiger partial charge in [0.15, 0.2) is 5.58 Å².